The monoisotopic (exact) mass is 428 g/mol. The van der Waals surface area contributed by atoms with Crippen LogP contribution in [-0.4, -0.2) is 40.5 Å². The smallest absolute Gasteiger partial charge is 0.316 e. The molecule has 2 heterocycles. The summed E-state index contributed by atoms with van der Waals surface area (Å²) < 4.78 is 5.80. The van der Waals surface area contributed by atoms with Crippen LogP contribution in [0.3, 0.4) is 0 Å². The molecule has 0 bridgehead atoms. The van der Waals surface area contributed by atoms with Crippen molar-refractivity contribution in [3.8, 4) is 6.01 Å². The Morgan fingerprint density at radius 3 is 2.47 bits per heavy atom. The van der Waals surface area contributed by atoms with Crippen LogP contribution < -0.4 is 15.0 Å². The summed E-state index contributed by atoms with van der Waals surface area (Å²) in [6.07, 6.45) is 6.60. The van der Waals surface area contributed by atoms with Crippen molar-refractivity contribution in [2.24, 2.45) is 5.92 Å². The van der Waals surface area contributed by atoms with Gasteiger partial charge < -0.3 is 15.0 Å². The zero-order valence-electron chi connectivity index (χ0n) is 16.9. The molecule has 1 unspecified atom stereocenters. The number of anilines is 1. The predicted octanol–water partition coefficient (Wildman–Crippen LogP) is 3.30. The van der Waals surface area contributed by atoms with Gasteiger partial charge in [0.15, 0.2) is 0 Å². The van der Waals surface area contributed by atoms with Crippen LogP contribution in [0.15, 0.2) is 36.7 Å². The Bertz CT molecular complexity index is 896. The number of hydrogen-bond acceptors (Lipinski definition) is 5. The van der Waals surface area contributed by atoms with Gasteiger partial charge in [-0.1, -0.05) is 29.3 Å². The van der Waals surface area contributed by atoms with Crippen LogP contribution in [0.25, 0.3) is 0 Å². The standard InChI is InChI=1S/C22H25ClN4O3/c1-14-2-6-18(7-3-14)27-13-15(10-20(27)28)21(29)26-17-4-8-19(9-5-17)30-22-24-11-16(23)12-25-22/h2-3,6-7,11-12,15,17,19H,4-5,8-10,13H2,1H3,(H,26,29). The Labute approximate surface area is 180 Å². The van der Waals surface area contributed by atoms with Crippen LogP contribution in [0.5, 0.6) is 6.01 Å². The van der Waals surface area contributed by atoms with Crippen molar-refractivity contribution in [2.75, 3.05) is 11.4 Å². The maximum atomic E-state index is 12.7. The Kier molecular flexibility index (Phi) is 6.18. The SMILES string of the molecule is Cc1ccc(N2CC(C(=O)NC3CCC(Oc4ncc(Cl)cn4)CC3)CC2=O)cc1. The van der Waals surface area contributed by atoms with Crippen molar-refractivity contribution in [1.29, 1.82) is 0 Å². The molecule has 1 aromatic heterocycles. The minimum Gasteiger partial charge on any atom is -0.460 e. The first-order valence-electron chi connectivity index (χ1n) is 10.3. The number of ether oxygens (including phenoxy) is 1. The van der Waals surface area contributed by atoms with Crippen molar-refractivity contribution in [1.82, 2.24) is 15.3 Å². The number of aromatic nitrogens is 2. The average molecular weight is 429 g/mol. The molecule has 1 N–H and O–H groups in total. The van der Waals surface area contributed by atoms with Gasteiger partial charge >= 0.3 is 6.01 Å². The van der Waals surface area contributed by atoms with Gasteiger partial charge in [-0.25, -0.2) is 9.97 Å². The first-order valence-corrected chi connectivity index (χ1v) is 10.7. The van der Waals surface area contributed by atoms with Crippen molar-refractivity contribution in [3.05, 3.63) is 47.2 Å². The highest BCUT2D eigenvalue weighted by molar-refractivity contribution is 6.30. The largest absolute Gasteiger partial charge is 0.460 e. The molecular weight excluding hydrogens is 404 g/mol. The van der Waals surface area contributed by atoms with E-state index >= 15 is 0 Å². The van der Waals surface area contributed by atoms with E-state index in [2.05, 4.69) is 15.3 Å². The van der Waals surface area contributed by atoms with Gasteiger partial charge in [0.25, 0.3) is 0 Å². The Morgan fingerprint density at radius 1 is 1.13 bits per heavy atom. The lowest BCUT2D eigenvalue weighted by Gasteiger charge is -2.29. The van der Waals surface area contributed by atoms with Crippen LogP contribution >= 0.6 is 11.6 Å². The van der Waals surface area contributed by atoms with E-state index in [9.17, 15) is 9.59 Å². The second kappa shape index (κ2) is 9.00. The molecular formula is C22H25ClN4O3. The van der Waals surface area contributed by atoms with E-state index in [0.717, 1.165) is 36.9 Å². The summed E-state index contributed by atoms with van der Waals surface area (Å²) >= 11 is 5.79. The lowest BCUT2D eigenvalue weighted by atomic mass is 9.92. The molecule has 30 heavy (non-hydrogen) atoms. The van der Waals surface area contributed by atoms with Crippen LogP contribution in [0.4, 0.5) is 5.69 Å². The summed E-state index contributed by atoms with van der Waals surface area (Å²) in [5.41, 5.74) is 1.99. The number of nitrogens with zero attached hydrogens (tertiary/aromatic N) is 3. The Balaban J connectivity index is 1.25. The predicted molar refractivity (Wildman–Crippen MR) is 113 cm³/mol. The molecule has 8 heteroatoms. The number of carbonyl (C=O) groups is 2. The van der Waals surface area contributed by atoms with Crippen molar-refractivity contribution in [3.63, 3.8) is 0 Å². The molecule has 7 nitrogen and oxygen atoms in total. The fourth-order valence-corrected chi connectivity index (χ4v) is 4.11. The number of amides is 2. The van der Waals surface area contributed by atoms with Gasteiger partial charge in [0.05, 0.1) is 23.3 Å². The highest BCUT2D eigenvalue weighted by Crippen LogP contribution is 2.27. The average Bonchev–Trinajstić information content (AvgIpc) is 3.13. The summed E-state index contributed by atoms with van der Waals surface area (Å²) in [7, 11) is 0. The van der Waals surface area contributed by atoms with Crippen molar-refractivity contribution in [2.45, 2.75) is 51.2 Å². The number of halogens is 1. The van der Waals surface area contributed by atoms with Crippen LogP contribution in [0, 0.1) is 12.8 Å². The van der Waals surface area contributed by atoms with Crippen LogP contribution in [-0.2, 0) is 9.59 Å². The molecule has 1 aliphatic heterocycles. The lowest BCUT2D eigenvalue weighted by molar-refractivity contribution is -0.127. The zero-order valence-corrected chi connectivity index (χ0v) is 17.6. The molecule has 2 aliphatic rings. The fourth-order valence-electron chi connectivity index (χ4n) is 4.01. The molecule has 1 aromatic carbocycles. The Hall–Kier alpha value is -2.67. The van der Waals surface area contributed by atoms with E-state index in [1.165, 1.54) is 12.4 Å². The second-order valence-electron chi connectivity index (χ2n) is 8.02. The van der Waals surface area contributed by atoms with Crippen molar-refractivity contribution >= 4 is 29.1 Å². The maximum absolute atomic E-state index is 12.7. The molecule has 4 rings (SSSR count). The molecule has 2 amide bonds. The maximum Gasteiger partial charge on any atom is 0.316 e. The summed E-state index contributed by atoms with van der Waals surface area (Å²) in [4.78, 5) is 35.0. The van der Waals surface area contributed by atoms with Gasteiger partial charge in [-0.15, -0.1) is 0 Å². The molecule has 158 valence electrons. The zero-order chi connectivity index (χ0) is 21.1. The molecule has 2 aromatic rings. The van der Waals surface area contributed by atoms with E-state index in [0.29, 0.717) is 17.6 Å². The summed E-state index contributed by atoms with van der Waals surface area (Å²) in [6, 6.07) is 8.25. The highest BCUT2D eigenvalue weighted by Gasteiger charge is 2.36. The van der Waals surface area contributed by atoms with Crippen LogP contribution in [0.1, 0.15) is 37.7 Å². The van der Waals surface area contributed by atoms with Gasteiger partial charge in [-0.3, -0.25) is 9.59 Å². The minimum atomic E-state index is -0.310. The van der Waals surface area contributed by atoms with Gasteiger partial charge in [-0.2, -0.15) is 0 Å². The first kappa shape index (κ1) is 20.6. The normalized spacial score (nSPS) is 24.0. The highest BCUT2D eigenvalue weighted by atomic mass is 35.5. The van der Waals surface area contributed by atoms with E-state index in [1.807, 2.05) is 31.2 Å². The fraction of sp³-hybridized carbons (Fsp3) is 0.455. The topological polar surface area (TPSA) is 84.4 Å². The number of carbonyl (C=O) groups excluding carboxylic acids is 2. The molecule has 0 spiro atoms. The molecule has 1 saturated heterocycles. The van der Waals surface area contributed by atoms with Gasteiger partial charge in [-0.05, 0) is 44.7 Å². The third kappa shape index (κ3) is 4.90. The third-order valence-corrected chi connectivity index (χ3v) is 5.93. The first-order chi connectivity index (χ1) is 14.5. The Morgan fingerprint density at radius 2 is 1.80 bits per heavy atom. The molecule has 1 aliphatic carbocycles. The van der Waals surface area contributed by atoms with Gasteiger partial charge in [0.2, 0.25) is 11.8 Å². The van der Waals surface area contributed by atoms with Gasteiger partial charge in [0.1, 0.15) is 6.10 Å². The number of benzene rings is 1. The van der Waals surface area contributed by atoms with E-state index in [-0.39, 0.29) is 36.3 Å². The quantitative estimate of drug-likeness (QED) is 0.789. The lowest BCUT2D eigenvalue weighted by Crippen LogP contribution is -2.43. The molecule has 0 radical (unpaired) electrons. The molecule has 1 saturated carbocycles. The minimum absolute atomic E-state index is 0.000856. The van der Waals surface area contributed by atoms with Crippen molar-refractivity contribution < 1.29 is 14.3 Å². The summed E-state index contributed by atoms with van der Waals surface area (Å²) in [6.45, 7) is 2.44. The number of aryl methyl sites for hydroxylation is 1. The number of rotatable bonds is 5. The summed E-state index contributed by atoms with van der Waals surface area (Å²) in [5, 5.41) is 3.60. The number of nitrogens with one attached hydrogen (secondary N) is 1. The van der Waals surface area contributed by atoms with Crippen LogP contribution in [0.2, 0.25) is 5.02 Å². The molecule has 1 atom stereocenters. The number of hydrogen-bond donors (Lipinski definition) is 1. The van der Waals surface area contributed by atoms with E-state index in [4.69, 9.17) is 16.3 Å². The summed E-state index contributed by atoms with van der Waals surface area (Å²) in [5.74, 6) is -0.349. The third-order valence-electron chi connectivity index (χ3n) is 5.73. The van der Waals surface area contributed by atoms with Gasteiger partial charge in [0, 0.05) is 24.7 Å². The second-order valence-corrected chi connectivity index (χ2v) is 8.46. The van der Waals surface area contributed by atoms with E-state index in [1.54, 1.807) is 4.90 Å². The molecule has 2 fully saturated rings. The van der Waals surface area contributed by atoms with E-state index < -0.39 is 0 Å².